The predicted molar refractivity (Wildman–Crippen MR) is 103 cm³/mol. The number of rotatable bonds is 8. The van der Waals surface area contributed by atoms with Gasteiger partial charge >= 0.3 is 23.5 Å². The van der Waals surface area contributed by atoms with Gasteiger partial charge in [0.05, 0.1) is 6.33 Å². The van der Waals surface area contributed by atoms with Crippen LogP contribution in [0.4, 0.5) is 10.2 Å². The Kier molecular flexibility index (Phi) is 6.94. The van der Waals surface area contributed by atoms with E-state index in [4.69, 9.17) is 25.8 Å². The number of alkyl halides is 1. The number of aliphatic hydroxyl groups excluding tert-OH is 1. The van der Waals surface area contributed by atoms with E-state index in [9.17, 15) is 33.6 Å². The van der Waals surface area contributed by atoms with Crippen LogP contribution in [0.1, 0.15) is 23.1 Å². The second-order valence-electron chi connectivity index (χ2n) is 6.76. The number of phosphoric acid groups is 3. The van der Waals surface area contributed by atoms with Gasteiger partial charge < -0.3 is 34.5 Å². The number of ketones is 1. The number of hydrogen-bond donors (Lipinski definition) is 6. The third kappa shape index (κ3) is 5.27. The van der Waals surface area contributed by atoms with Gasteiger partial charge in [0.2, 0.25) is 5.60 Å². The van der Waals surface area contributed by atoms with Crippen LogP contribution in [0, 0.1) is 12.3 Å². The lowest BCUT2D eigenvalue weighted by Crippen LogP contribution is -2.50. The van der Waals surface area contributed by atoms with Crippen LogP contribution in [0.3, 0.4) is 0 Å². The highest BCUT2D eigenvalue weighted by molar-refractivity contribution is 7.66. The van der Waals surface area contributed by atoms with Gasteiger partial charge in [-0.15, -0.1) is 6.42 Å². The van der Waals surface area contributed by atoms with Crippen molar-refractivity contribution in [3.63, 3.8) is 0 Å². The van der Waals surface area contributed by atoms with Gasteiger partial charge in [-0.3, -0.25) is 13.9 Å². The molecule has 17 nitrogen and oxygen atoms in total. The third-order valence-electron chi connectivity index (χ3n) is 4.36. The summed E-state index contributed by atoms with van der Waals surface area (Å²) in [4.78, 5) is 55.2. The lowest BCUT2D eigenvalue weighted by molar-refractivity contribution is -0.204. The summed E-state index contributed by atoms with van der Waals surface area (Å²) in [5, 5.41) is 21.0. The molecular formula is C13H15FN3O14P3. The number of aliphatic hydroxyl groups is 2. The van der Waals surface area contributed by atoms with Crippen LogP contribution >= 0.6 is 23.5 Å². The fraction of sp³-hybridized carbons (Fsp3) is 0.462. The zero-order valence-electron chi connectivity index (χ0n) is 16.3. The zero-order chi connectivity index (χ0) is 25.7. The van der Waals surface area contributed by atoms with Crippen LogP contribution in [0.15, 0.2) is 11.3 Å². The molecule has 1 fully saturated rings. The van der Waals surface area contributed by atoms with Gasteiger partial charge in [-0.25, -0.2) is 28.1 Å². The number of phosphoric ester groups is 1. The molecule has 0 spiro atoms. The van der Waals surface area contributed by atoms with Crippen molar-refractivity contribution in [3.8, 4) is 12.3 Å². The third-order valence-corrected chi connectivity index (χ3v) is 8.14. The molecule has 6 atom stereocenters. The molecule has 0 radical (unpaired) electrons. The quantitative estimate of drug-likeness (QED) is 0.175. The summed E-state index contributed by atoms with van der Waals surface area (Å²) in [5.74, 6) is -2.57. The van der Waals surface area contributed by atoms with Crippen LogP contribution < -0.4 is 0 Å². The Morgan fingerprint density at radius 2 is 1.91 bits per heavy atom. The Hall–Kier alpha value is -1.67. The molecule has 34 heavy (non-hydrogen) atoms. The van der Waals surface area contributed by atoms with E-state index in [2.05, 4.69) is 23.1 Å². The number of fused-ring (bicyclic) bond motifs is 1. The number of carbonyl (C=O) groups is 1. The highest BCUT2D eigenvalue weighted by Gasteiger charge is 2.66. The Balaban J connectivity index is 1.84. The molecule has 3 heterocycles. The Labute approximate surface area is 188 Å². The SMILES string of the molecule is C#C[C@]1(O)[C@H](n2cnc3c2N=CCC3=O)O[C@](F)(COP(=O)(O)OP(=O)(O)OP(=O)(O)O)[C@H]1O. The Morgan fingerprint density at radius 1 is 1.26 bits per heavy atom. The molecule has 0 amide bonds. The number of aliphatic imine (C=N–C) groups is 1. The molecule has 2 unspecified atom stereocenters. The molecule has 188 valence electrons. The highest BCUT2D eigenvalue weighted by Crippen LogP contribution is 2.66. The van der Waals surface area contributed by atoms with Crippen LogP contribution in [-0.2, 0) is 31.6 Å². The van der Waals surface area contributed by atoms with E-state index in [0.29, 0.717) is 0 Å². The zero-order valence-corrected chi connectivity index (χ0v) is 19.0. The average molecular weight is 549 g/mol. The van der Waals surface area contributed by atoms with Gasteiger partial charge in [0.1, 0.15) is 6.61 Å². The van der Waals surface area contributed by atoms with Gasteiger partial charge in [-0.2, -0.15) is 8.62 Å². The number of aromatic nitrogens is 2. The molecule has 2 aliphatic heterocycles. The van der Waals surface area contributed by atoms with E-state index in [0.717, 1.165) is 10.9 Å². The number of ether oxygens (including phenoxy) is 1. The second kappa shape index (κ2) is 8.77. The maximum atomic E-state index is 15.4. The molecule has 3 rings (SSSR count). The van der Waals surface area contributed by atoms with E-state index < -0.39 is 59.6 Å². The molecule has 0 bridgehead atoms. The minimum atomic E-state index is -5.91. The molecule has 0 saturated carbocycles. The van der Waals surface area contributed by atoms with Gasteiger partial charge in [0, 0.05) is 12.6 Å². The molecule has 1 saturated heterocycles. The number of carbonyl (C=O) groups excluding carboxylic acids is 1. The molecule has 0 aliphatic carbocycles. The lowest BCUT2D eigenvalue weighted by Gasteiger charge is -2.27. The number of hydrogen-bond acceptors (Lipinski definition) is 12. The first-order chi connectivity index (χ1) is 15.4. The van der Waals surface area contributed by atoms with Crippen LogP contribution in [0.2, 0.25) is 0 Å². The normalized spacial score (nSPS) is 32.6. The van der Waals surface area contributed by atoms with Gasteiger partial charge in [0.25, 0.3) is 5.85 Å². The number of terminal acetylenes is 1. The largest absolute Gasteiger partial charge is 0.490 e. The van der Waals surface area contributed by atoms with Gasteiger partial charge in [-0.05, 0) is 0 Å². The molecule has 0 aromatic carbocycles. The summed E-state index contributed by atoms with van der Waals surface area (Å²) < 4.78 is 66.1. The summed E-state index contributed by atoms with van der Waals surface area (Å²) in [6.07, 6.45) is 2.51. The predicted octanol–water partition coefficient (Wildman–Crippen LogP) is -0.565. The van der Waals surface area contributed by atoms with Crippen molar-refractivity contribution in [3.05, 3.63) is 12.0 Å². The first-order valence-electron chi connectivity index (χ1n) is 8.59. The van der Waals surface area contributed by atoms with Crippen molar-refractivity contribution in [2.75, 3.05) is 6.61 Å². The summed E-state index contributed by atoms with van der Waals surface area (Å²) in [5.41, 5.74) is -3.07. The lowest BCUT2D eigenvalue weighted by atomic mass is 9.94. The van der Waals surface area contributed by atoms with E-state index in [1.807, 2.05) is 0 Å². The number of Topliss-reactive ketones (excluding diaryl/α,β-unsaturated/α-hetero) is 1. The molecule has 21 heteroatoms. The Morgan fingerprint density at radius 3 is 2.50 bits per heavy atom. The Bertz CT molecular complexity index is 1220. The van der Waals surface area contributed by atoms with E-state index in [-0.39, 0.29) is 17.9 Å². The van der Waals surface area contributed by atoms with E-state index in [1.165, 1.54) is 6.21 Å². The van der Waals surface area contributed by atoms with Gasteiger partial charge in [0.15, 0.2) is 29.6 Å². The van der Waals surface area contributed by atoms with Crippen molar-refractivity contribution in [1.82, 2.24) is 9.55 Å². The van der Waals surface area contributed by atoms with Crippen molar-refractivity contribution < 1.29 is 70.5 Å². The average Bonchev–Trinajstić information content (AvgIpc) is 3.19. The topological polar surface area (TPSA) is 257 Å². The maximum Gasteiger partial charge on any atom is 0.490 e. The first kappa shape index (κ1) is 26.9. The fourth-order valence-electron chi connectivity index (χ4n) is 2.97. The van der Waals surface area contributed by atoms with Crippen LogP contribution in [0.25, 0.3) is 0 Å². The van der Waals surface area contributed by atoms with Crippen molar-refractivity contribution >= 4 is 41.3 Å². The van der Waals surface area contributed by atoms with Crippen LogP contribution in [0.5, 0.6) is 0 Å². The monoisotopic (exact) mass is 549 g/mol. The number of halogens is 1. The molecule has 6 N–H and O–H groups in total. The summed E-state index contributed by atoms with van der Waals surface area (Å²) in [7, 11) is -17.4. The first-order valence-corrected chi connectivity index (χ1v) is 13.1. The number of imidazole rings is 1. The smallest absolute Gasteiger partial charge is 0.383 e. The molecule has 1 aromatic rings. The van der Waals surface area contributed by atoms with Gasteiger partial charge in [-0.1, -0.05) is 5.92 Å². The van der Waals surface area contributed by atoms with Crippen LogP contribution in [-0.4, -0.2) is 75.5 Å². The van der Waals surface area contributed by atoms with Crippen molar-refractivity contribution in [1.29, 1.82) is 0 Å². The maximum absolute atomic E-state index is 15.4. The summed E-state index contributed by atoms with van der Waals surface area (Å²) in [6.45, 7) is -1.78. The number of nitrogens with zero attached hydrogens (tertiary/aromatic N) is 3. The highest BCUT2D eigenvalue weighted by atomic mass is 31.3. The molecule has 1 aromatic heterocycles. The molecular weight excluding hydrogens is 534 g/mol. The second-order valence-corrected chi connectivity index (χ2v) is 11.2. The molecule has 2 aliphatic rings. The van der Waals surface area contributed by atoms with E-state index in [1.54, 1.807) is 5.92 Å². The van der Waals surface area contributed by atoms with E-state index >= 15 is 4.39 Å². The van der Waals surface area contributed by atoms with Crippen molar-refractivity contribution in [2.45, 2.75) is 30.2 Å². The summed E-state index contributed by atoms with van der Waals surface area (Å²) in [6, 6.07) is 0. The minimum Gasteiger partial charge on any atom is -0.383 e. The summed E-state index contributed by atoms with van der Waals surface area (Å²) >= 11 is 0. The standard InChI is InChI=1S/C13H15FN3O14P3/c1-2-12(20)10(19)13(14,5-28-33(24,25)31-34(26,27)30-32(21,22)23)29-11(12)17-6-16-8-7(18)3-4-15-9(8)17/h1,4,6,10-11,19-20H,3,5H2,(H,24,25)(H,26,27)(H2,21,22,23)/t10-,11+,12+,13+/m0/s1. The minimum absolute atomic E-state index is 0.0926. The van der Waals surface area contributed by atoms with Crippen molar-refractivity contribution in [2.24, 2.45) is 4.99 Å². The fourth-order valence-corrected chi connectivity index (χ4v) is 6.00.